The highest BCUT2D eigenvalue weighted by molar-refractivity contribution is 5.90. The van der Waals surface area contributed by atoms with Gasteiger partial charge in [0.1, 0.15) is 0 Å². The molecule has 0 aromatic carbocycles. The summed E-state index contributed by atoms with van der Waals surface area (Å²) < 4.78 is 0. The minimum Gasteiger partial charge on any atom is -0.366 e. The van der Waals surface area contributed by atoms with E-state index in [0.717, 1.165) is 0 Å². The second-order valence-corrected chi connectivity index (χ2v) is 1.14. The molecule has 0 saturated carbocycles. The molecule has 0 spiro atoms. The van der Waals surface area contributed by atoms with Crippen LogP contribution in [0.25, 0.3) is 0 Å². The molecule has 0 bridgehead atoms. The maximum absolute atomic E-state index is 9.82. The summed E-state index contributed by atoms with van der Waals surface area (Å²) in [6.07, 6.45) is 0. The zero-order valence-corrected chi connectivity index (χ0v) is 5.81. The Morgan fingerprint density at radius 3 is 1.86 bits per heavy atom. The summed E-state index contributed by atoms with van der Waals surface area (Å²) in [7, 11) is 0. The lowest BCUT2D eigenvalue weighted by Gasteiger charge is -1.81. The molecule has 1 amide bonds. The third-order valence-electron chi connectivity index (χ3n) is 0.421. The van der Waals surface area contributed by atoms with Crippen molar-refractivity contribution in [2.45, 2.75) is 6.92 Å². The first-order valence-electron chi connectivity index (χ1n) is 1.60. The molecule has 36 valence electrons. The van der Waals surface area contributed by atoms with Crippen LogP contribution < -0.4 is 5.73 Å². The number of primary amides is 1. The summed E-state index contributed by atoms with van der Waals surface area (Å²) in [6, 6.07) is 0. The van der Waals surface area contributed by atoms with Crippen LogP contribution in [0.2, 0.25) is 0 Å². The summed E-state index contributed by atoms with van der Waals surface area (Å²) in [5.74, 6) is -0.435. The van der Waals surface area contributed by atoms with Crippen LogP contribution in [0.4, 0.5) is 0 Å². The minimum absolute atomic E-state index is 0. The Kier molecular flexibility index (Phi) is 5.96. The molecule has 2 nitrogen and oxygen atoms in total. The molecule has 2 N–H and O–H groups in total. The van der Waals surface area contributed by atoms with Gasteiger partial charge in [0.05, 0.1) is 0 Å². The molecule has 7 heavy (non-hydrogen) atoms. The van der Waals surface area contributed by atoms with E-state index in [9.17, 15) is 4.79 Å². The molecular weight excluding hydrogens is 102 g/mol. The molecule has 0 aromatic heterocycles. The van der Waals surface area contributed by atoms with E-state index in [1.54, 1.807) is 6.92 Å². The summed E-state index contributed by atoms with van der Waals surface area (Å²) in [5.41, 5.74) is 5.09. The number of carbonyl (C=O) groups excluding carboxylic acids is 1. The summed E-state index contributed by atoms with van der Waals surface area (Å²) in [5, 5.41) is 0. The minimum atomic E-state index is -0.435. The van der Waals surface area contributed by atoms with Crippen molar-refractivity contribution in [1.82, 2.24) is 0 Å². The van der Waals surface area contributed by atoms with Gasteiger partial charge in [-0.1, -0.05) is 6.58 Å². The molecule has 0 aliphatic rings. The van der Waals surface area contributed by atoms with Crippen molar-refractivity contribution in [1.29, 1.82) is 0 Å². The molecule has 2 radical (unpaired) electrons. The van der Waals surface area contributed by atoms with E-state index < -0.39 is 5.91 Å². The maximum atomic E-state index is 9.82. The number of hydrogen-bond acceptors (Lipinski definition) is 1. The van der Waals surface area contributed by atoms with Crippen LogP contribution in [0, 0.1) is 0 Å². The molecule has 3 heteroatoms. The van der Waals surface area contributed by atoms with Crippen molar-refractivity contribution in [3.05, 3.63) is 12.2 Å². The van der Waals surface area contributed by atoms with Gasteiger partial charge in [0, 0.05) is 28.6 Å². The predicted octanol–water partition coefficient (Wildman–Crippen LogP) is -0.333. The van der Waals surface area contributed by atoms with Crippen LogP contribution >= 0.6 is 0 Å². The van der Waals surface area contributed by atoms with E-state index in [1.165, 1.54) is 0 Å². The first-order chi connectivity index (χ1) is 2.64. The van der Waals surface area contributed by atoms with Crippen molar-refractivity contribution in [2.75, 3.05) is 0 Å². The lowest BCUT2D eigenvalue weighted by atomic mass is 10.3. The van der Waals surface area contributed by atoms with Gasteiger partial charge in [-0.3, -0.25) is 4.79 Å². The van der Waals surface area contributed by atoms with Gasteiger partial charge < -0.3 is 5.73 Å². The average Bonchev–Trinajstić information content (AvgIpc) is 1.36. The van der Waals surface area contributed by atoms with Crippen molar-refractivity contribution < 1.29 is 4.79 Å². The highest BCUT2D eigenvalue weighted by Gasteiger charge is 1.86. The Balaban J connectivity index is 0. The molecule has 0 unspecified atom stereocenters. The predicted molar refractivity (Wildman–Crippen MR) is 29.8 cm³/mol. The third-order valence-corrected chi connectivity index (χ3v) is 0.421. The summed E-state index contributed by atoms with van der Waals surface area (Å²) >= 11 is 0. The Morgan fingerprint density at radius 1 is 1.71 bits per heavy atom. The summed E-state index contributed by atoms with van der Waals surface area (Å²) in [4.78, 5) is 9.82. The van der Waals surface area contributed by atoms with Gasteiger partial charge in [-0.05, 0) is 6.92 Å². The lowest BCUT2D eigenvalue weighted by Crippen LogP contribution is -2.10. The standard InChI is InChI=1S/C4H7NO.Mg/c1-3(2)4(5)6;/h1H2,2H3,(H2,5,6);. The molecule has 0 heterocycles. The second-order valence-electron chi connectivity index (χ2n) is 1.14. The van der Waals surface area contributed by atoms with E-state index in [0.29, 0.717) is 5.57 Å². The fraction of sp³-hybridized carbons (Fsp3) is 0.250. The smallest absolute Gasteiger partial charge is 0.243 e. The Hall–Kier alpha value is -0.0238. The van der Waals surface area contributed by atoms with Gasteiger partial charge in [0.25, 0.3) is 0 Å². The first-order valence-corrected chi connectivity index (χ1v) is 1.60. The number of hydrogen-bond donors (Lipinski definition) is 1. The van der Waals surface area contributed by atoms with Crippen molar-refractivity contribution in [3.8, 4) is 0 Å². The zero-order chi connectivity index (χ0) is 5.15. The number of rotatable bonds is 1. The second kappa shape index (κ2) is 4.14. The molecule has 0 fully saturated rings. The van der Waals surface area contributed by atoms with Crippen LogP contribution in [0.1, 0.15) is 6.92 Å². The highest BCUT2D eigenvalue weighted by Crippen LogP contribution is 1.78. The van der Waals surface area contributed by atoms with E-state index in [-0.39, 0.29) is 23.1 Å². The van der Waals surface area contributed by atoms with Gasteiger partial charge in [0.2, 0.25) is 5.91 Å². The van der Waals surface area contributed by atoms with Crippen molar-refractivity contribution in [2.24, 2.45) is 5.73 Å². The van der Waals surface area contributed by atoms with Crippen LogP contribution in [-0.2, 0) is 4.79 Å². The van der Waals surface area contributed by atoms with Crippen molar-refractivity contribution in [3.63, 3.8) is 0 Å². The third kappa shape index (κ3) is 5.98. The first kappa shape index (κ1) is 10.1. The SMILES string of the molecule is C=C(C)C(N)=O.[Mg]. The highest BCUT2D eigenvalue weighted by atomic mass is 24.3. The van der Waals surface area contributed by atoms with Crippen LogP contribution in [0.5, 0.6) is 0 Å². The Bertz CT molecular complexity index is 77.7. The fourth-order valence-electron chi connectivity index (χ4n) is 0. The normalized spacial score (nSPS) is 6.43. The maximum Gasteiger partial charge on any atom is 0.243 e. The fourth-order valence-corrected chi connectivity index (χ4v) is 0. The molecular formula is C4H7MgNO. The van der Waals surface area contributed by atoms with Crippen molar-refractivity contribution >= 4 is 29.0 Å². The average molecular weight is 109 g/mol. The van der Waals surface area contributed by atoms with Crippen LogP contribution in [-0.4, -0.2) is 29.0 Å². The molecule has 0 aliphatic carbocycles. The topological polar surface area (TPSA) is 43.1 Å². The van der Waals surface area contributed by atoms with Gasteiger partial charge in [-0.2, -0.15) is 0 Å². The molecule has 0 atom stereocenters. The van der Waals surface area contributed by atoms with Gasteiger partial charge >= 0.3 is 0 Å². The van der Waals surface area contributed by atoms with E-state index in [1.807, 2.05) is 0 Å². The molecule has 0 saturated heterocycles. The van der Waals surface area contributed by atoms with Crippen LogP contribution in [0.3, 0.4) is 0 Å². The monoisotopic (exact) mass is 109 g/mol. The number of amides is 1. The quantitative estimate of drug-likeness (QED) is 0.364. The van der Waals surface area contributed by atoms with E-state index >= 15 is 0 Å². The molecule has 0 rings (SSSR count). The Morgan fingerprint density at radius 2 is 1.86 bits per heavy atom. The van der Waals surface area contributed by atoms with E-state index in [4.69, 9.17) is 5.73 Å². The summed E-state index contributed by atoms with van der Waals surface area (Å²) in [6.45, 7) is 4.85. The largest absolute Gasteiger partial charge is 0.366 e. The Labute approximate surface area is 58.9 Å². The van der Waals surface area contributed by atoms with Gasteiger partial charge in [-0.25, -0.2) is 0 Å². The zero-order valence-electron chi connectivity index (χ0n) is 4.40. The number of carbonyl (C=O) groups is 1. The lowest BCUT2D eigenvalue weighted by molar-refractivity contribution is -0.114. The van der Waals surface area contributed by atoms with E-state index in [2.05, 4.69) is 6.58 Å². The molecule has 0 aromatic rings. The number of nitrogens with two attached hydrogens (primary N) is 1. The van der Waals surface area contributed by atoms with Gasteiger partial charge in [0.15, 0.2) is 0 Å². The van der Waals surface area contributed by atoms with Crippen LogP contribution in [0.15, 0.2) is 12.2 Å². The molecule has 0 aliphatic heterocycles. The van der Waals surface area contributed by atoms with Gasteiger partial charge in [-0.15, -0.1) is 0 Å².